The standard InChI is InChI=1S/C18H13FN4OS/c1-24-15-9-2-12(3-10-15)4-11-16-22-23-17(20-21-18(23)25-16)13-5-7-14(19)8-6-13/h2-11H,1H3/b11-4-. The van der Waals surface area contributed by atoms with E-state index in [1.807, 2.05) is 36.4 Å². The number of fused-ring (bicyclic) bond motifs is 1. The van der Waals surface area contributed by atoms with Crippen molar-refractivity contribution in [3.8, 4) is 17.1 Å². The first-order chi connectivity index (χ1) is 12.2. The van der Waals surface area contributed by atoms with E-state index in [-0.39, 0.29) is 5.82 Å². The number of methoxy groups -OCH3 is 1. The number of benzene rings is 2. The molecule has 0 spiro atoms. The van der Waals surface area contributed by atoms with E-state index < -0.39 is 0 Å². The van der Waals surface area contributed by atoms with Crippen molar-refractivity contribution in [1.82, 2.24) is 19.8 Å². The minimum absolute atomic E-state index is 0.286. The number of nitrogens with zero attached hydrogens (tertiary/aromatic N) is 4. The molecule has 0 radical (unpaired) electrons. The van der Waals surface area contributed by atoms with Gasteiger partial charge in [-0.1, -0.05) is 29.5 Å². The van der Waals surface area contributed by atoms with Crippen LogP contribution in [0.4, 0.5) is 4.39 Å². The van der Waals surface area contributed by atoms with Gasteiger partial charge in [0.15, 0.2) is 5.82 Å². The Hall–Kier alpha value is -3.06. The third-order valence-corrected chi connectivity index (χ3v) is 4.51. The van der Waals surface area contributed by atoms with Crippen LogP contribution in [0, 0.1) is 5.82 Å². The van der Waals surface area contributed by atoms with Crippen LogP contribution < -0.4 is 4.74 Å². The van der Waals surface area contributed by atoms with Gasteiger partial charge in [0, 0.05) is 5.56 Å². The van der Waals surface area contributed by atoms with E-state index in [2.05, 4.69) is 15.3 Å². The fraction of sp³-hybridized carbons (Fsp3) is 0.0556. The molecule has 5 nitrogen and oxygen atoms in total. The van der Waals surface area contributed by atoms with E-state index in [1.54, 1.807) is 23.8 Å². The first-order valence-electron chi connectivity index (χ1n) is 7.53. The van der Waals surface area contributed by atoms with Crippen LogP contribution in [-0.4, -0.2) is 26.9 Å². The lowest BCUT2D eigenvalue weighted by molar-refractivity contribution is 0.415. The minimum atomic E-state index is -0.286. The molecule has 0 N–H and O–H groups in total. The van der Waals surface area contributed by atoms with Gasteiger partial charge < -0.3 is 4.74 Å². The maximum absolute atomic E-state index is 13.1. The molecule has 25 heavy (non-hydrogen) atoms. The number of ether oxygens (including phenoxy) is 1. The van der Waals surface area contributed by atoms with Crippen LogP contribution in [-0.2, 0) is 0 Å². The summed E-state index contributed by atoms with van der Waals surface area (Å²) in [7, 11) is 1.64. The predicted molar refractivity (Wildman–Crippen MR) is 96.0 cm³/mol. The highest BCUT2D eigenvalue weighted by Crippen LogP contribution is 2.23. The molecule has 4 rings (SSSR count). The van der Waals surface area contributed by atoms with E-state index in [9.17, 15) is 4.39 Å². The maximum Gasteiger partial charge on any atom is 0.235 e. The number of hydrogen-bond acceptors (Lipinski definition) is 5. The quantitative estimate of drug-likeness (QED) is 0.553. The van der Waals surface area contributed by atoms with Crippen LogP contribution in [0.15, 0.2) is 48.5 Å². The van der Waals surface area contributed by atoms with Gasteiger partial charge in [0.25, 0.3) is 0 Å². The van der Waals surface area contributed by atoms with Crippen molar-refractivity contribution in [2.24, 2.45) is 0 Å². The van der Waals surface area contributed by atoms with Gasteiger partial charge in [0.2, 0.25) is 4.96 Å². The van der Waals surface area contributed by atoms with Gasteiger partial charge in [0.05, 0.1) is 7.11 Å². The average Bonchev–Trinajstić information content (AvgIpc) is 3.21. The summed E-state index contributed by atoms with van der Waals surface area (Å²) in [4.78, 5) is 0.689. The van der Waals surface area contributed by atoms with E-state index in [0.29, 0.717) is 10.8 Å². The summed E-state index contributed by atoms with van der Waals surface area (Å²) in [6.07, 6.45) is 3.90. The number of hydrogen-bond donors (Lipinski definition) is 0. The first kappa shape index (κ1) is 15.5. The highest BCUT2D eigenvalue weighted by atomic mass is 32.1. The van der Waals surface area contributed by atoms with Gasteiger partial charge in [0.1, 0.15) is 16.6 Å². The summed E-state index contributed by atoms with van der Waals surface area (Å²) in [5.41, 5.74) is 1.82. The molecule has 2 aromatic carbocycles. The maximum atomic E-state index is 13.1. The topological polar surface area (TPSA) is 52.3 Å². The fourth-order valence-corrected chi connectivity index (χ4v) is 3.10. The van der Waals surface area contributed by atoms with Crippen LogP contribution >= 0.6 is 11.3 Å². The molecule has 124 valence electrons. The van der Waals surface area contributed by atoms with Gasteiger partial charge >= 0.3 is 0 Å². The van der Waals surface area contributed by atoms with Crippen LogP contribution in [0.2, 0.25) is 0 Å². The van der Waals surface area contributed by atoms with Crippen LogP contribution in [0.1, 0.15) is 10.6 Å². The van der Waals surface area contributed by atoms with Crippen LogP contribution in [0.5, 0.6) is 5.75 Å². The first-order valence-corrected chi connectivity index (χ1v) is 8.35. The van der Waals surface area contributed by atoms with Gasteiger partial charge in [-0.05, 0) is 48.0 Å². The monoisotopic (exact) mass is 352 g/mol. The number of aromatic nitrogens is 4. The Kier molecular flexibility index (Phi) is 3.99. The van der Waals surface area contributed by atoms with Crippen molar-refractivity contribution in [1.29, 1.82) is 0 Å². The van der Waals surface area contributed by atoms with Crippen molar-refractivity contribution < 1.29 is 9.13 Å². The lowest BCUT2D eigenvalue weighted by Gasteiger charge is -1.98. The van der Waals surface area contributed by atoms with Gasteiger partial charge in [-0.3, -0.25) is 0 Å². The molecule has 7 heteroatoms. The summed E-state index contributed by atoms with van der Waals surface area (Å²) in [5.74, 6) is 1.13. The predicted octanol–water partition coefficient (Wildman–Crippen LogP) is 4.17. The molecule has 0 atom stereocenters. The number of halogens is 1. The summed E-state index contributed by atoms with van der Waals surface area (Å²) in [5, 5.41) is 13.6. The molecule has 0 aliphatic rings. The highest BCUT2D eigenvalue weighted by Gasteiger charge is 2.12. The molecule has 0 saturated heterocycles. The van der Waals surface area contributed by atoms with E-state index in [0.717, 1.165) is 21.9 Å². The summed E-state index contributed by atoms with van der Waals surface area (Å²) < 4.78 is 19.9. The molecule has 0 aliphatic carbocycles. The van der Waals surface area contributed by atoms with Crippen molar-refractivity contribution in [2.45, 2.75) is 0 Å². The van der Waals surface area contributed by atoms with Crippen molar-refractivity contribution >= 4 is 28.4 Å². The van der Waals surface area contributed by atoms with Gasteiger partial charge in [-0.2, -0.15) is 9.61 Å². The lowest BCUT2D eigenvalue weighted by atomic mass is 10.2. The largest absolute Gasteiger partial charge is 0.497 e. The normalized spacial score (nSPS) is 11.4. The third kappa shape index (κ3) is 3.14. The molecule has 0 amide bonds. The van der Waals surface area contributed by atoms with Crippen molar-refractivity contribution in [3.05, 3.63) is 64.9 Å². The summed E-state index contributed by atoms with van der Waals surface area (Å²) in [6.45, 7) is 0. The van der Waals surface area contributed by atoms with Gasteiger partial charge in [-0.15, -0.1) is 10.2 Å². The Bertz CT molecular complexity index is 1040. The Morgan fingerprint density at radius 2 is 1.76 bits per heavy atom. The second kappa shape index (κ2) is 6.45. The lowest BCUT2D eigenvalue weighted by Crippen LogP contribution is -1.90. The molecule has 0 fully saturated rings. The minimum Gasteiger partial charge on any atom is -0.497 e. The summed E-state index contributed by atoms with van der Waals surface area (Å²) in [6, 6.07) is 13.9. The summed E-state index contributed by atoms with van der Waals surface area (Å²) >= 11 is 1.44. The zero-order valence-corrected chi connectivity index (χ0v) is 14.1. The van der Waals surface area contributed by atoms with Crippen molar-refractivity contribution in [2.75, 3.05) is 7.11 Å². The van der Waals surface area contributed by atoms with E-state index >= 15 is 0 Å². The molecule has 2 aromatic heterocycles. The molecule has 4 aromatic rings. The second-order valence-electron chi connectivity index (χ2n) is 5.27. The molecule has 0 bridgehead atoms. The van der Waals surface area contributed by atoms with Crippen LogP contribution in [0.25, 0.3) is 28.5 Å². The zero-order chi connectivity index (χ0) is 17.2. The molecular formula is C18H13FN4OS. The molecule has 0 aliphatic heterocycles. The van der Waals surface area contributed by atoms with E-state index in [1.165, 1.54) is 23.5 Å². The number of rotatable bonds is 4. The molecular weight excluding hydrogens is 339 g/mol. The Morgan fingerprint density at radius 3 is 2.48 bits per heavy atom. The zero-order valence-electron chi connectivity index (χ0n) is 13.3. The molecule has 2 heterocycles. The third-order valence-electron chi connectivity index (χ3n) is 3.64. The average molecular weight is 352 g/mol. The van der Waals surface area contributed by atoms with Gasteiger partial charge in [-0.25, -0.2) is 4.39 Å². The Labute approximate surface area is 147 Å². The van der Waals surface area contributed by atoms with E-state index in [4.69, 9.17) is 4.74 Å². The Morgan fingerprint density at radius 1 is 1.00 bits per heavy atom. The molecule has 0 saturated carbocycles. The molecule has 0 unspecified atom stereocenters. The SMILES string of the molecule is COc1ccc(/C=C\c2nn3c(-c4ccc(F)cc4)nnc3s2)cc1. The fourth-order valence-electron chi connectivity index (χ4n) is 2.36. The smallest absolute Gasteiger partial charge is 0.235 e. The van der Waals surface area contributed by atoms with Crippen LogP contribution in [0.3, 0.4) is 0 Å². The highest BCUT2D eigenvalue weighted by molar-refractivity contribution is 7.17. The Balaban J connectivity index is 1.63. The second-order valence-corrected chi connectivity index (χ2v) is 6.26. The van der Waals surface area contributed by atoms with Crippen molar-refractivity contribution in [3.63, 3.8) is 0 Å².